The van der Waals surface area contributed by atoms with E-state index < -0.39 is 11.7 Å². The van der Waals surface area contributed by atoms with E-state index >= 15 is 0 Å². The minimum absolute atomic E-state index is 0.153. The zero-order chi connectivity index (χ0) is 22.0. The van der Waals surface area contributed by atoms with Crippen molar-refractivity contribution in [3.05, 3.63) is 65.6 Å². The molecule has 1 atom stereocenters. The number of carbonyl (C=O) groups is 2. The second-order valence-corrected chi connectivity index (χ2v) is 8.10. The fourth-order valence-corrected chi connectivity index (χ4v) is 4.04. The van der Waals surface area contributed by atoms with Gasteiger partial charge in [0.1, 0.15) is 11.5 Å². The second kappa shape index (κ2) is 8.51. The number of aromatic nitrogens is 1. The van der Waals surface area contributed by atoms with Gasteiger partial charge in [0.2, 0.25) is 0 Å². The smallest absolute Gasteiger partial charge is 0.268 e. The first-order valence-corrected chi connectivity index (χ1v) is 10.5. The van der Waals surface area contributed by atoms with Gasteiger partial charge in [-0.2, -0.15) is 0 Å². The molecule has 1 aromatic heterocycles. The molecule has 7 heteroatoms. The molecule has 2 N–H and O–H groups in total. The number of nitrogens with zero attached hydrogens (tertiary/aromatic N) is 1. The number of hydrogen-bond acceptors (Lipinski definition) is 3. The summed E-state index contributed by atoms with van der Waals surface area (Å²) < 4.78 is 21.1. The van der Waals surface area contributed by atoms with Crippen molar-refractivity contribution in [1.29, 1.82) is 0 Å². The Labute approximate surface area is 180 Å². The highest BCUT2D eigenvalue weighted by Crippen LogP contribution is 2.26. The Morgan fingerprint density at radius 2 is 2.00 bits per heavy atom. The number of amides is 2. The van der Waals surface area contributed by atoms with Crippen LogP contribution in [0.1, 0.15) is 47.5 Å². The zero-order valence-electron chi connectivity index (χ0n) is 17.7. The van der Waals surface area contributed by atoms with Gasteiger partial charge < -0.3 is 19.9 Å². The summed E-state index contributed by atoms with van der Waals surface area (Å²) in [6, 6.07) is 12.8. The number of fused-ring (bicyclic) bond motifs is 1. The maximum atomic E-state index is 13.4. The Bertz CT molecular complexity index is 1130. The zero-order valence-corrected chi connectivity index (χ0v) is 17.7. The van der Waals surface area contributed by atoms with E-state index in [2.05, 4.69) is 10.6 Å². The van der Waals surface area contributed by atoms with Gasteiger partial charge in [-0.05, 0) is 69.2 Å². The van der Waals surface area contributed by atoms with Crippen LogP contribution < -0.4 is 10.6 Å². The van der Waals surface area contributed by atoms with Crippen molar-refractivity contribution in [3.63, 3.8) is 0 Å². The molecule has 4 rings (SSSR count). The van der Waals surface area contributed by atoms with Gasteiger partial charge in [-0.1, -0.05) is 6.07 Å². The molecule has 2 aromatic carbocycles. The van der Waals surface area contributed by atoms with E-state index in [-0.39, 0.29) is 17.1 Å². The Kier molecular flexibility index (Phi) is 5.78. The van der Waals surface area contributed by atoms with Crippen molar-refractivity contribution >= 4 is 28.4 Å². The Balaban J connectivity index is 1.54. The summed E-state index contributed by atoms with van der Waals surface area (Å²) in [6.45, 7) is 5.83. The van der Waals surface area contributed by atoms with Crippen LogP contribution in [0.3, 0.4) is 0 Å². The summed E-state index contributed by atoms with van der Waals surface area (Å²) in [5.74, 6) is -1.01. The van der Waals surface area contributed by atoms with E-state index in [4.69, 9.17) is 4.74 Å². The van der Waals surface area contributed by atoms with Crippen LogP contribution in [0.15, 0.2) is 48.5 Å². The van der Waals surface area contributed by atoms with E-state index in [0.717, 1.165) is 30.4 Å². The van der Waals surface area contributed by atoms with Crippen LogP contribution in [0.2, 0.25) is 0 Å². The minimum atomic E-state index is -0.462. The lowest BCUT2D eigenvalue weighted by Crippen LogP contribution is -2.40. The molecule has 0 radical (unpaired) electrons. The highest BCUT2D eigenvalue weighted by molar-refractivity contribution is 6.06. The van der Waals surface area contributed by atoms with Crippen molar-refractivity contribution < 1.29 is 18.7 Å². The van der Waals surface area contributed by atoms with Crippen LogP contribution >= 0.6 is 0 Å². The number of halogens is 1. The summed E-state index contributed by atoms with van der Waals surface area (Å²) in [6.07, 6.45) is 1.93. The fourth-order valence-electron chi connectivity index (χ4n) is 4.04. The van der Waals surface area contributed by atoms with Crippen LogP contribution in [-0.2, 0) is 11.3 Å². The first-order chi connectivity index (χ1) is 14.9. The van der Waals surface area contributed by atoms with E-state index in [1.165, 1.54) is 18.2 Å². The number of ether oxygens (including phenoxy) is 1. The van der Waals surface area contributed by atoms with Gasteiger partial charge >= 0.3 is 0 Å². The largest absolute Gasteiger partial charge is 0.373 e. The highest BCUT2D eigenvalue weighted by Gasteiger charge is 2.30. The predicted octanol–water partition coefficient (Wildman–Crippen LogP) is 4.35. The molecule has 162 valence electrons. The van der Waals surface area contributed by atoms with E-state index in [1.807, 2.05) is 36.6 Å². The molecule has 0 bridgehead atoms. The molecule has 1 saturated heterocycles. The fraction of sp³-hybridized carbons (Fsp3) is 0.333. The third-order valence-corrected chi connectivity index (χ3v) is 5.72. The number of aryl methyl sites for hydroxylation is 1. The highest BCUT2D eigenvalue weighted by atomic mass is 19.1. The van der Waals surface area contributed by atoms with E-state index in [0.29, 0.717) is 24.5 Å². The third-order valence-electron chi connectivity index (χ3n) is 5.72. The summed E-state index contributed by atoms with van der Waals surface area (Å²) in [5, 5.41) is 6.63. The average Bonchev–Trinajstić information content (AvgIpc) is 3.35. The van der Waals surface area contributed by atoms with Crippen LogP contribution in [0.5, 0.6) is 0 Å². The van der Waals surface area contributed by atoms with Gasteiger partial charge in [0.25, 0.3) is 11.8 Å². The van der Waals surface area contributed by atoms with Gasteiger partial charge in [-0.15, -0.1) is 0 Å². The molecule has 3 aromatic rings. The Morgan fingerprint density at radius 1 is 1.16 bits per heavy atom. The molecule has 0 aliphatic carbocycles. The van der Waals surface area contributed by atoms with Crippen LogP contribution in [0.25, 0.3) is 10.9 Å². The normalized spacial score (nSPS) is 18.3. The number of anilines is 1. The molecule has 0 spiro atoms. The van der Waals surface area contributed by atoms with Gasteiger partial charge in [-0.3, -0.25) is 9.59 Å². The lowest BCUT2D eigenvalue weighted by Gasteiger charge is -2.23. The topological polar surface area (TPSA) is 72.4 Å². The number of carbonyl (C=O) groups excluding carboxylic acids is 2. The van der Waals surface area contributed by atoms with E-state index in [1.54, 1.807) is 12.1 Å². The molecule has 31 heavy (non-hydrogen) atoms. The summed E-state index contributed by atoms with van der Waals surface area (Å²) >= 11 is 0. The van der Waals surface area contributed by atoms with Gasteiger partial charge in [-0.25, -0.2) is 4.39 Å². The second-order valence-electron chi connectivity index (χ2n) is 8.10. The first-order valence-electron chi connectivity index (χ1n) is 10.5. The standard InChI is InChI=1S/C24H26FN3O3/c1-3-28-20-9-8-19(27-22(29)16-6-4-7-18(25)12-16)13-17(20)14-21(28)23(30)26-15-24(2)10-5-11-31-24/h4,6-9,12-14H,3,5,10-11,15H2,1-2H3,(H,26,30)(H,27,29). The molecule has 1 aliphatic rings. The monoisotopic (exact) mass is 423 g/mol. The summed E-state index contributed by atoms with van der Waals surface area (Å²) in [5.41, 5.74) is 1.97. The van der Waals surface area contributed by atoms with Gasteiger partial charge in [0.15, 0.2) is 0 Å². The van der Waals surface area contributed by atoms with Crippen molar-refractivity contribution in [1.82, 2.24) is 9.88 Å². The third kappa shape index (κ3) is 4.46. The van der Waals surface area contributed by atoms with Crippen molar-refractivity contribution in [2.75, 3.05) is 18.5 Å². The SMILES string of the molecule is CCn1c(C(=O)NCC2(C)CCCO2)cc2cc(NC(=O)c3cccc(F)c3)ccc21. The van der Waals surface area contributed by atoms with Crippen molar-refractivity contribution in [3.8, 4) is 0 Å². The molecule has 1 fully saturated rings. The molecule has 1 unspecified atom stereocenters. The van der Waals surface area contributed by atoms with Crippen molar-refractivity contribution in [2.45, 2.75) is 38.8 Å². The van der Waals surface area contributed by atoms with Crippen LogP contribution in [0, 0.1) is 5.82 Å². The molecule has 2 amide bonds. The van der Waals surface area contributed by atoms with E-state index in [9.17, 15) is 14.0 Å². The summed E-state index contributed by atoms with van der Waals surface area (Å²) in [4.78, 5) is 25.3. The molecular weight excluding hydrogens is 397 g/mol. The molecule has 0 saturated carbocycles. The maximum Gasteiger partial charge on any atom is 0.268 e. The molecular formula is C24H26FN3O3. The number of hydrogen-bond donors (Lipinski definition) is 2. The predicted molar refractivity (Wildman–Crippen MR) is 118 cm³/mol. The number of benzene rings is 2. The molecule has 2 heterocycles. The molecule has 1 aliphatic heterocycles. The minimum Gasteiger partial charge on any atom is -0.373 e. The first kappa shape index (κ1) is 21.1. The maximum absolute atomic E-state index is 13.4. The average molecular weight is 423 g/mol. The Morgan fingerprint density at radius 3 is 2.71 bits per heavy atom. The number of nitrogens with one attached hydrogen (secondary N) is 2. The molecule has 6 nitrogen and oxygen atoms in total. The summed E-state index contributed by atoms with van der Waals surface area (Å²) in [7, 11) is 0. The lowest BCUT2D eigenvalue weighted by atomic mass is 10.0. The lowest BCUT2D eigenvalue weighted by molar-refractivity contribution is 0.0205. The van der Waals surface area contributed by atoms with Gasteiger partial charge in [0.05, 0.1) is 5.60 Å². The van der Waals surface area contributed by atoms with Crippen LogP contribution in [0.4, 0.5) is 10.1 Å². The van der Waals surface area contributed by atoms with Gasteiger partial charge in [0, 0.05) is 41.9 Å². The Hall–Kier alpha value is -3.19. The van der Waals surface area contributed by atoms with Crippen LogP contribution in [-0.4, -0.2) is 35.1 Å². The number of rotatable bonds is 6. The quantitative estimate of drug-likeness (QED) is 0.619. The van der Waals surface area contributed by atoms with Crippen molar-refractivity contribution in [2.24, 2.45) is 0 Å².